The van der Waals surface area contributed by atoms with Crippen molar-refractivity contribution >= 4 is 37.9 Å². The van der Waals surface area contributed by atoms with Crippen LogP contribution in [0.3, 0.4) is 0 Å². The largest absolute Gasteiger partial charge is 0.497 e. The van der Waals surface area contributed by atoms with Crippen LogP contribution in [0.2, 0.25) is 5.02 Å². The van der Waals surface area contributed by atoms with E-state index in [1.165, 1.54) is 13.2 Å². The minimum absolute atomic E-state index is 0.159. The molecule has 2 aromatic carbocycles. The van der Waals surface area contributed by atoms with Crippen LogP contribution in [0.5, 0.6) is 17.2 Å². The molecule has 34 heavy (non-hydrogen) atoms. The van der Waals surface area contributed by atoms with Gasteiger partial charge in [0.05, 0.1) is 32.3 Å². The highest BCUT2D eigenvalue weighted by molar-refractivity contribution is 7.92. The molecule has 182 valence electrons. The molecule has 7 nitrogen and oxygen atoms in total. The molecule has 3 aromatic rings. The number of anilines is 1. The van der Waals surface area contributed by atoms with E-state index in [2.05, 4.69) is 4.90 Å². The number of ether oxygens (including phenoxy) is 3. The lowest BCUT2D eigenvalue weighted by atomic mass is 10.1. The predicted octanol–water partition coefficient (Wildman–Crippen LogP) is 4.86. The fourth-order valence-electron chi connectivity index (χ4n) is 4.11. The Morgan fingerprint density at radius 2 is 1.71 bits per heavy atom. The van der Waals surface area contributed by atoms with Crippen molar-refractivity contribution < 1.29 is 22.6 Å². The number of hydrogen-bond acceptors (Lipinski definition) is 8. The Labute approximate surface area is 209 Å². The number of thiazole rings is 1. The average molecular weight is 523 g/mol. The summed E-state index contributed by atoms with van der Waals surface area (Å²) in [6.45, 7) is 1.24. The van der Waals surface area contributed by atoms with Gasteiger partial charge in [0.25, 0.3) is 0 Å². The molecular formula is C24H27ClN2O5S2. The third-order valence-electron chi connectivity index (χ3n) is 5.92. The molecule has 1 fully saturated rings. The number of aromatic nitrogens is 1. The Kier molecular flexibility index (Phi) is 7.54. The van der Waals surface area contributed by atoms with Gasteiger partial charge >= 0.3 is 0 Å². The first kappa shape index (κ1) is 24.6. The Balaban J connectivity index is 1.43. The number of methoxy groups -OCH3 is 3. The second-order valence-electron chi connectivity index (χ2n) is 8.05. The molecule has 0 N–H and O–H groups in total. The van der Waals surface area contributed by atoms with Crippen molar-refractivity contribution in [3.05, 3.63) is 58.1 Å². The fraction of sp³-hybridized carbons (Fsp3) is 0.375. The second kappa shape index (κ2) is 10.4. The van der Waals surface area contributed by atoms with Gasteiger partial charge in [-0.3, -0.25) is 0 Å². The Hall–Kier alpha value is -2.49. The molecule has 0 atom stereocenters. The van der Waals surface area contributed by atoms with Crippen molar-refractivity contribution in [3.8, 4) is 17.2 Å². The van der Waals surface area contributed by atoms with Crippen LogP contribution < -0.4 is 19.1 Å². The maximum atomic E-state index is 13.3. The zero-order chi connectivity index (χ0) is 24.3. The average Bonchev–Trinajstić information content (AvgIpc) is 3.32. The summed E-state index contributed by atoms with van der Waals surface area (Å²) in [6.07, 6.45) is 1.68. The van der Waals surface area contributed by atoms with Crippen molar-refractivity contribution in [1.82, 2.24) is 4.98 Å². The first-order chi connectivity index (χ1) is 16.3. The van der Waals surface area contributed by atoms with Crippen LogP contribution in [-0.2, 0) is 16.3 Å². The topological polar surface area (TPSA) is 78.0 Å². The number of rotatable bonds is 8. The Bertz CT molecular complexity index is 1230. The third kappa shape index (κ3) is 5.26. The number of benzene rings is 2. The Morgan fingerprint density at radius 1 is 1.03 bits per heavy atom. The molecule has 4 rings (SSSR count). The smallest absolute Gasteiger partial charge is 0.185 e. The standard InChI is InChI=1S/C24H27ClN2O5S2/c1-30-19-11-16(12-20(14-19)31-2)10-18-15-33-24(26-18)27-8-6-21(7-9-27)34(28,29)23-13-17(25)4-5-22(23)32-3/h4-5,11-15,21H,6-10H2,1-3H3. The van der Waals surface area contributed by atoms with Gasteiger partial charge in [-0.2, -0.15) is 0 Å². The number of nitrogens with zero attached hydrogens (tertiary/aromatic N) is 2. The normalized spacial score (nSPS) is 14.8. The van der Waals surface area contributed by atoms with Crippen molar-refractivity contribution in [1.29, 1.82) is 0 Å². The highest BCUT2D eigenvalue weighted by Crippen LogP contribution is 2.34. The third-order valence-corrected chi connectivity index (χ3v) is 9.39. The number of hydrogen-bond donors (Lipinski definition) is 0. The van der Waals surface area contributed by atoms with E-state index in [9.17, 15) is 8.42 Å². The zero-order valence-electron chi connectivity index (χ0n) is 19.3. The molecule has 0 bridgehead atoms. The van der Waals surface area contributed by atoms with Gasteiger partial charge in [0, 0.05) is 36.0 Å². The summed E-state index contributed by atoms with van der Waals surface area (Å²) < 4.78 is 42.6. The Morgan fingerprint density at radius 3 is 2.32 bits per heavy atom. The summed E-state index contributed by atoms with van der Waals surface area (Å²) >= 11 is 7.64. The van der Waals surface area contributed by atoms with Crippen molar-refractivity contribution in [2.45, 2.75) is 29.4 Å². The van der Waals surface area contributed by atoms with Crippen LogP contribution >= 0.6 is 22.9 Å². The van der Waals surface area contributed by atoms with Crippen LogP contribution in [0, 0.1) is 0 Å². The van der Waals surface area contributed by atoms with E-state index in [1.54, 1.807) is 37.7 Å². The molecule has 1 aliphatic heterocycles. The second-order valence-corrected chi connectivity index (χ2v) is 11.5. The molecule has 10 heteroatoms. The van der Waals surface area contributed by atoms with E-state index < -0.39 is 15.1 Å². The molecule has 0 spiro atoms. The van der Waals surface area contributed by atoms with E-state index in [0.29, 0.717) is 43.1 Å². The van der Waals surface area contributed by atoms with Gasteiger partial charge in [0.15, 0.2) is 15.0 Å². The van der Waals surface area contributed by atoms with Crippen LogP contribution in [0.4, 0.5) is 5.13 Å². The number of sulfone groups is 1. The predicted molar refractivity (Wildman–Crippen MR) is 135 cm³/mol. The first-order valence-corrected chi connectivity index (χ1v) is 13.6. The molecule has 0 amide bonds. The monoisotopic (exact) mass is 522 g/mol. The van der Waals surface area contributed by atoms with E-state index in [0.717, 1.165) is 27.9 Å². The lowest BCUT2D eigenvalue weighted by molar-refractivity contribution is 0.393. The summed E-state index contributed by atoms with van der Waals surface area (Å²) in [4.78, 5) is 7.11. The van der Waals surface area contributed by atoms with Gasteiger partial charge in [-0.05, 0) is 48.7 Å². The summed E-state index contributed by atoms with van der Waals surface area (Å²) in [5, 5.41) is 2.84. The van der Waals surface area contributed by atoms with Gasteiger partial charge in [-0.15, -0.1) is 11.3 Å². The molecule has 2 heterocycles. The van der Waals surface area contributed by atoms with Gasteiger partial charge in [0.1, 0.15) is 22.1 Å². The van der Waals surface area contributed by atoms with Gasteiger partial charge in [-0.25, -0.2) is 13.4 Å². The minimum Gasteiger partial charge on any atom is -0.497 e. The van der Waals surface area contributed by atoms with Crippen LogP contribution in [0.15, 0.2) is 46.7 Å². The van der Waals surface area contributed by atoms with Crippen LogP contribution in [0.1, 0.15) is 24.1 Å². The van der Waals surface area contributed by atoms with Gasteiger partial charge in [0.2, 0.25) is 0 Å². The SMILES string of the molecule is COc1cc(Cc2csc(N3CCC(S(=O)(=O)c4cc(Cl)ccc4OC)CC3)n2)cc(OC)c1. The maximum absolute atomic E-state index is 13.3. The molecule has 1 aromatic heterocycles. The number of piperidine rings is 1. The van der Waals surface area contributed by atoms with Crippen LogP contribution in [-0.4, -0.2) is 53.1 Å². The van der Waals surface area contributed by atoms with Crippen molar-refractivity contribution in [2.75, 3.05) is 39.3 Å². The first-order valence-electron chi connectivity index (χ1n) is 10.8. The molecule has 0 aliphatic carbocycles. The van der Waals surface area contributed by atoms with Gasteiger partial charge < -0.3 is 19.1 Å². The molecule has 0 radical (unpaired) electrons. The maximum Gasteiger partial charge on any atom is 0.185 e. The number of halogens is 1. The molecular weight excluding hydrogens is 496 g/mol. The van der Waals surface area contributed by atoms with E-state index in [-0.39, 0.29) is 4.90 Å². The molecule has 0 unspecified atom stereocenters. The van der Waals surface area contributed by atoms with Crippen molar-refractivity contribution in [2.24, 2.45) is 0 Å². The van der Waals surface area contributed by atoms with Crippen molar-refractivity contribution in [3.63, 3.8) is 0 Å². The van der Waals surface area contributed by atoms with E-state index >= 15 is 0 Å². The van der Waals surface area contributed by atoms with E-state index in [4.69, 9.17) is 30.8 Å². The quantitative estimate of drug-likeness (QED) is 0.418. The highest BCUT2D eigenvalue weighted by Gasteiger charge is 2.34. The molecule has 1 aliphatic rings. The van der Waals surface area contributed by atoms with Crippen LogP contribution in [0.25, 0.3) is 0 Å². The molecule has 0 saturated carbocycles. The minimum atomic E-state index is -3.56. The fourth-order valence-corrected chi connectivity index (χ4v) is 7.14. The summed E-state index contributed by atoms with van der Waals surface area (Å²) in [5.74, 6) is 1.81. The lowest BCUT2D eigenvalue weighted by Crippen LogP contribution is -2.39. The van der Waals surface area contributed by atoms with E-state index in [1.807, 2.05) is 23.6 Å². The molecule has 1 saturated heterocycles. The summed E-state index contributed by atoms with van der Waals surface area (Å²) in [5.41, 5.74) is 2.00. The summed E-state index contributed by atoms with van der Waals surface area (Å²) in [7, 11) is 1.17. The van der Waals surface area contributed by atoms with Gasteiger partial charge in [-0.1, -0.05) is 11.6 Å². The summed E-state index contributed by atoms with van der Waals surface area (Å²) in [6, 6.07) is 10.5. The highest BCUT2D eigenvalue weighted by atomic mass is 35.5. The zero-order valence-corrected chi connectivity index (χ0v) is 21.7. The lowest BCUT2D eigenvalue weighted by Gasteiger charge is -2.31.